The summed E-state index contributed by atoms with van der Waals surface area (Å²) in [5.41, 5.74) is 4.01. The normalized spacial score (nSPS) is 14.8. The Bertz CT molecular complexity index is 1270. The summed E-state index contributed by atoms with van der Waals surface area (Å²) in [6.07, 6.45) is 3.83. The average molecular weight is 433 g/mol. The Hall–Kier alpha value is -3.68. The van der Waals surface area contributed by atoms with E-state index in [1.165, 1.54) is 23.1 Å². The highest BCUT2D eigenvalue weighted by Gasteiger charge is 2.29. The smallest absolute Gasteiger partial charge is 0.276 e. The van der Waals surface area contributed by atoms with Crippen LogP contribution in [0.3, 0.4) is 0 Å². The van der Waals surface area contributed by atoms with E-state index in [-0.39, 0.29) is 11.7 Å². The van der Waals surface area contributed by atoms with E-state index in [4.69, 9.17) is 4.74 Å². The van der Waals surface area contributed by atoms with Crippen LogP contribution in [0, 0.1) is 12.7 Å². The zero-order chi connectivity index (χ0) is 22.2. The van der Waals surface area contributed by atoms with E-state index in [0.29, 0.717) is 36.1 Å². The Kier molecular flexibility index (Phi) is 5.13. The van der Waals surface area contributed by atoms with Gasteiger partial charge in [-0.1, -0.05) is 5.21 Å². The third-order valence-corrected chi connectivity index (χ3v) is 6.31. The van der Waals surface area contributed by atoms with Crippen LogP contribution in [0.4, 0.5) is 4.39 Å². The zero-order valence-electron chi connectivity index (χ0n) is 18.0. The molecule has 8 heteroatoms. The molecule has 3 heterocycles. The van der Waals surface area contributed by atoms with E-state index in [0.717, 1.165) is 24.1 Å². The van der Waals surface area contributed by atoms with Gasteiger partial charge < -0.3 is 14.6 Å². The topological polar surface area (TPSA) is 76.0 Å². The summed E-state index contributed by atoms with van der Waals surface area (Å²) in [6.45, 7) is 3.12. The minimum absolute atomic E-state index is 0.116. The number of nitrogens with one attached hydrogen (secondary N) is 1. The summed E-state index contributed by atoms with van der Waals surface area (Å²) in [7, 11) is 1.67. The summed E-state index contributed by atoms with van der Waals surface area (Å²) in [5.74, 6) is 0.774. The first-order valence-corrected chi connectivity index (χ1v) is 10.7. The van der Waals surface area contributed by atoms with Crippen LogP contribution in [0.15, 0.2) is 48.7 Å². The fourth-order valence-electron chi connectivity index (χ4n) is 4.48. The summed E-state index contributed by atoms with van der Waals surface area (Å²) in [5, 5.41) is 9.42. The quantitative estimate of drug-likeness (QED) is 0.523. The van der Waals surface area contributed by atoms with Crippen molar-refractivity contribution in [3.63, 3.8) is 0 Å². The largest absolute Gasteiger partial charge is 0.497 e. The minimum atomic E-state index is -0.320. The first-order chi connectivity index (χ1) is 15.5. The maximum Gasteiger partial charge on any atom is 0.276 e. The van der Waals surface area contributed by atoms with Crippen LogP contribution in [0.2, 0.25) is 0 Å². The van der Waals surface area contributed by atoms with E-state index in [2.05, 4.69) is 27.6 Å². The lowest BCUT2D eigenvalue weighted by Crippen LogP contribution is -2.38. The molecule has 164 valence electrons. The highest BCUT2D eigenvalue weighted by Crippen LogP contribution is 2.35. The van der Waals surface area contributed by atoms with Crippen LogP contribution in [0.5, 0.6) is 5.75 Å². The molecule has 1 aliphatic rings. The average Bonchev–Trinajstić information content (AvgIpc) is 3.42. The standard InChI is InChI=1S/C24H24FN5O2/c1-15-23(27-28-30(15)18-5-3-17(25)4-6-18)24(31)29-11-9-16(10-12-29)21-14-26-22-8-7-19(32-2)13-20(21)22/h3-8,13-14,16,26H,9-12H2,1-2H3. The third kappa shape index (κ3) is 3.51. The number of fused-ring (bicyclic) bond motifs is 1. The van der Waals surface area contributed by atoms with Gasteiger partial charge in [0.1, 0.15) is 11.6 Å². The van der Waals surface area contributed by atoms with Gasteiger partial charge in [-0.15, -0.1) is 5.10 Å². The number of carbonyl (C=O) groups is 1. The number of hydrogen-bond acceptors (Lipinski definition) is 4. The maximum absolute atomic E-state index is 13.2. The molecule has 0 radical (unpaired) electrons. The molecule has 7 nitrogen and oxygen atoms in total. The van der Waals surface area contributed by atoms with Crippen LogP contribution in [-0.4, -0.2) is 51.0 Å². The van der Waals surface area contributed by atoms with Crippen molar-refractivity contribution >= 4 is 16.8 Å². The van der Waals surface area contributed by atoms with Crippen molar-refractivity contribution in [3.05, 3.63) is 71.4 Å². The Morgan fingerprint density at radius 1 is 1.16 bits per heavy atom. The molecular weight excluding hydrogens is 409 g/mol. The molecule has 1 fully saturated rings. The molecular formula is C24H24FN5O2. The predicted molar refractivity (Wildman–Crippen MR) is 119 cm³/mol. The number of nitrogens with zero attached hydrogens (tertiary/aromatic N) is 4. The lowest BCUT2D eigenvalue weighted by Gasteiger charge is -2.31. The van der Waals surface area contributed by atoms with Crippen molar-refractivity contribution < 1.29 is 13.9 Å². The molecule has 1 aliphatic heterocycles. The van der Waals surface area contributed by atoms with Crippen molar-refractivity contribution in [2.24, 2.45) is 0 Å². The second kappa shape index (κ2) is 8.11. The number of H-pyrrole nitrogens is 1. The van der Waals surface area contributed by atoms with Gasteiger partial charge in [-0.25, -0.2) is 9.07 Å². The number of ether oxygens (including phenoxy) is 1. The number of benzene rings is 2. The summed E-state index contributed by atoms with van der Waals surface area (Å²) < 4.78 is 20.2. The first kappa shape index (κ1) is 20.2. The Morgan fingerprint density at radius 2 is 1.91 bits per heavy atom. The van der Waals surface area contributed by atoms with E-state index in [9.17, 15) is 9.18 Å². The second-order valence-corrected chi connectivity index (χ2v) is 8.13. The van der Waals surface area contributed by atoms with Gasteiger partial charge in [-0.3, -0.25) is 4.79 Å². The van der Waals surface area contributed by atoms with Crippen LogP contribution in [0.25, 0.3) is 16.6 Å². The number of amides is 1. The van der Waals surface area contributed by atoms with E-state index >= 15 is 0 Å². The lowest BCUT2D eigenvalue weighted by molar-refractivity contribution is 0.0706. The van der Waals surface area contributed by atoms with Crippen LogP contribution in [0.1, 0.15) is 40.5 Å². The van der Waals surface area contributed by atoms with Crippen molar-refractivity contribution in [2.75, 3.05) is 20.2 Å². The maximum atomic E-state index is 13.2. The molecule has 4 aromatic rings. The molecule has 1 amide bonds. The van der Waals surface area contributed by atoms with Gasteiger partial charge in [-0.05, 0) is 73.7 Å². The number of hydrogen-bond donors (Lipinski definition) is 1. The Balaban J connectivity index is 1.31. The first-order valence-electron chi connectivity index (χ1n) is 10.7. The van der Waals surface area contributed by atoms with Crippen molar-refractivity contribution in [3.8, 4) is 11.4 Å². The molecule has 0 aliphatic carbocycles. The number of aromatic nitrogens is 4. The number of methoxy groups -OCH3 is 1. The van der Waals surface area contributed by atoms with Gasteiger partial charge in [0.15, 0.2) is 5.69 Å². The fraction of sp³-hybridized carbons (Fsp3) is 0.292. The van der Waals surface area contributed by atoms with Crippen molar-refractivity contribution in [1.82, 2.24) is 24.9 Å². The van der Waals surface area contributed by atoms with E-state index in [1.807, 2.05) is 24.0 Å². The molecule has 5 rings (SSSR count). The molecule has 0 unspecified atom stereocenters. The third-order valence-electron chi connectivity index (χ3n) is 6.31. The van der Waals surface area contributed by atoms with Gasteiger partial charge in [-0.2, -0.15) is 0 Å². The van der Waals surface area contributed by atoms with E-state index < -0.39 is 0 Å². The molecule has 32 heavy (non-hydrogen) atoms. The van der Waals surface area contributed by atoms with Crippen LogP contribution >= 0.6 is 0 Å². The number of piperidine rings is 1. The molecule has 0 spiro atoms. The van der Waals surface area contributed by atoms with Gasteiger partial charge >= 0.3 is 0 Å². The van der Waals surface area contributed by atoms with Gasteiger partial charge in [0.25, 0.3) is 5.91 Å². The highest BCUT2D eigenvalue weighted by molar-refractivity contribution is 5.93. The number of rotatable bonds is 4. The molecule has 2 aromatic heterocycles. The molecule has 0 bridgehead atoms. The van der Waals surface area contributed by atoms with E-state index in [1.54, 1.807) is 23.9 Å². The Morgan fingerprint density at radius 3 is 2.62 bits per heavy atom. The van der Waals surface area contributed by atoms with Crippen LogP contribution < -0.4 is 4.74 Å². The number of carbonyl (C=O) groups excluding carboxylic acids is 1. The fourth-order valence-corrected chi connectivity index (χ4v) is 4.48. The molecule has 0 atom stereocenters. The molecule has 2 aromatic carbocycles. The van der Waals surface area contributed by atoms with Crippen molar-refractivity contribution in [1.29, 1.82) is 0 Å². The van der Waals surface area contributed by atoms with Gasteiger partial charge in [0.05, 0.1) is 18.5 Å². The van der Waals surface area contributed by atoms with Crippen molar-refractivity contribution in [2.45, 2.75) is 25.7 Å². The van der Waals surface area contributed by atoms with Crippen LogP contribution in [-0.2, 0) is 0 Å². The minimum Gasteiger partial charge on any atom is -0.497 e. The lowest BCUT2D eigenvalue weighted by atomic mass is 9.89. The monoisotopic (exact) mass is 433 g/mol. The summed E-state index contributed by atoms with van der Waals surface area (Å²) >= 11 is 0. The Labute approximate surface area is 184 Å². The highest BCUT2D eigenvalue weighted by atomic mass is 19.1. The number of halogens is 1. The summed E-state index contributed by atoms with van der Waals surface area (Å²) in [6, 6.07) is 12.0. The van der Waals surface area contributed by atoms with Gasteiger partial charge in [0.2, 0.25) is 0 Å². The molecule has 1 N–H and O–H groups in total. The second-order valence-electron chi connectivity index (χ2n) is 8.13. The SMILES string of the molecule is COc1ccc2[nH]cc(C3CCN(C(=O)c4nnn(-c5ccc(F)cc5)c4C)CC3)c2c1. The molecule has 1 saturated heterocycles. The predicted octanol–water partition coefficient (Wildman–Crippen LogP) is 4.22. The van der Waals surface area contributed by atoms with Gasteiger partial charge in [0, 0.05) is 30.2 Å². The zero-order valence-corrected chi connectivity index (χ0v) is 18.0. The number of aromatic amines is 1. The molecule has 0 saturated carbocycles. The summed E-state index contributed by atoms with van der Waals surface area (Å²) in [4.78, 5) is 18.3. The number of likely N-dealkylation sites (tertiary alicyclic amines) is 1.